The van der Waals surface area contributed by atoms with Crippen LogP contribution in [-0.4, -0.2) is 141 Å². The number of thiazole rings is 6. The number of benzene rings is 2. The Morgan fingerprint density at radius 2 is 1.33 bits per heavy atom. The predicted molar refractivity (Wildman–Crippen MR) is 333 cm³/mol. The number of piperazine rings is 1. The van der Waals surface area contributed by atoms with Crippen LogP contribution in [0.5, 0.6) is 5.75 Å². The van der Waals surface area contributed by atoms with E-state index in [2.05, 4.69) is 26.3 Å². The van der Waals surface area contributed by atoms with E-state index in [0.29, 0.717) is 90.6 Å². The van der Waals surface area contributed by atoms with E-state index in [4.69, 9.17) is 46.1 Å². The first-order chi connectivity index (χ1) is 42.9. The number of carbonyl (C=O) groups excluding carboxylic acids is 7. The number of aromatic hydroxyl groups is 1. The fraction of sp³-hybridized carbons (Fsp3) is 0.276. The zero-order chi connectivity index (χ0) is 62.2. The van der Waals surface area contributed by atoms with Crippen LogP contribution in [0.3, 0.4) is 0 Å². The molecule has 0 saturated carbocycles. The molecule has 10 heterocycles. The fourth-order valence-corrected chi connectivity index (χ4v) is 15.8. The highest BCUT2D eigenvalue weighted by atomic mass is 32.1. The first kappa shape index (κ1) is 60.5. The van der Waals surface area contributed by atoms with Gasteiger partial charge in [-0.1, -0.05) is 49.4 Å². The Bertz CT molecular complexity index is 4180. The van der Waals surface area contributed by atoms with Gasteiger partial charge in [0.2, 0.25) is 11.8 Å². The van der Waals surface area contributed by atoms with Crippen LogP contribution in [0.1, 0.15) is 111 Å². The topological polar surface area (TPSA) is 366 Å². The number of phenols is 1. The number of hydrogen-bond donors (Lipinski definition) is 8. The van der Waals surface area contributed by atoms with Gasteiger partial charge in [-0.15, -0.1) is 68.0 Å². The molecule has 12 rings (SSSR count). The molecular weight excluding hydrogens is 1260 g/mol. The van der Waals surface area contributed by atoms with E-state index in [1.165, 1.54) is 72.1 Å². The summed E-state index contributed by atoms with van der Waals surface area (Å²) in [6.07, 6.45) is -3.39. The number of hydrogen-bond acceptors (Lipinski definition) is 24. The molecule has 2 aromatic carbocycles. The van der Waals surface area contributed by atoms with E-state index < -0.39 is 90.3 Å². The lowest BCUT2D eigenvalue weighted by Crippen LogP contribution is -2.50. The van der Waals surface area contributed by atoms with Crippen LogP contribution >= 0.6 is 68.0 Å². The summed E-state index contributed by atoms with van der Waals surface area (Å²) in [5.74, 6) is -4.80. The van der Waals surface area contributed by atoms with E-state index in [1.54, 1.807) is 72.3 Å². The molecule has 2 saturated heterocycles. The molecule has 3 aliphatic rings. The zero-order valence-corrected chi connectivity index (χ0v) is 51.9. The smallest absolute Gasteiger partial charge is 0.410 e. The molecule has 7 aromatic heterocycles. The zero-order valence-electron chi connectivity index (χ0n) is 47.0. The third-order valence-corrected chi connectivity index (χ3v) is 20.6. The van der Waals surface area contributed by atoms with Crippen molar-refractivity contribution in [1.29, 1.82) is 0 Å². The molecule has 0 unspecified atom stereocenters. The average molecular weight is 1310 g/mol. The minimum atomic E-state index is -1.29. The molecule has 25 nitrogen and oxygen atoms in total. The van der Waals surface area contributed by atoms with Crippen molar-refractivity contribution in [3.63, 3.8) is 0 Å². The van der Waals surface area contributed by atoms with E-state index in [-0.39, 0.29) is 51.5 Å². The fourth-order valence-electron chi connectivity index (χ4n) is 10.5. The summed E-state index contributed by atoms with van der Waals surface area (Å²) in [6, 6.07) is 13.9. The number of primary amides is 2. The minimum absolute atomic E-state index is 0.0110. The largest absolute Gasteiger partial charge is 0.508 e. The van der Waals surface area contributed by atoms with Crippen LogP contribution in [0.15, 0.2) is 93.6 Å². The minimum Gasteiger partial charge on any atom is -0.508 e. The Kier molecular flexibility index (Phi) is 17.5. The van der Waals surface area contributed by atoms with Gasteiger partial charge >= 0.3 is 6.09 Å². The van der Waals surface area contributed by atoms with Gasteiger partial charge in [-0.25, -0.2) is 39.7 Å². The Balaban J connectivity index is 0.973. The Morgan fingerprint density at radius 1 is 0.674 bits per heavy atom. The van der Waals surface area contributed by atoms with Crippen LogP contribution in [0.4, 0.5) is 4.79 Å². The van der Waals surface area contributed by atoms with Crippen molar-refractivity contribution in [3.05, 3.63) is 147 Å². The van der Waals surface area contributed by atoms with Crippen molar-refractivity contribution in [2.45, 2.75) is 63.1 Å². The number of pyridine rings is 1. The van der Waals surface area contributed by atoms with Gasteiger partial charge in [0.15, 0.2) is 6.10 Å². The van der Waals surface area contributed by atoms with Crippen LogP contribution in [0.2, 0.25) is 0 Å². The molecule has 7 atom stereocenters. The number of aryl methyl sites for hydroxylation is 1. The predicted octanol–water partition coefficient (Wildman–Crippen LogP) is 6.44. The third-order valence-electron chi connectivity index (χ3n) is 15.0. The molecule has 0 aliphatic carbocycles. The lowest BCUT2D eigenvalue weighted by Gasteiger charge is -2.31. The first-order valence-electron chi connectivity index (χ1n) is 27.7. The lowest BCUT2D eigenvalue weighted by atomic mass is 10.00. The van der Waals surface area contributed by atoms with Gasteiger partial charge in [-0.3, -0.25) is 28.8 Å². The SMILES string of the molecule is Cc1sc2nc1C(=O)N[C@@H]([C@H](OC(=O)N1CCNCC1)c1ccccc1)c1nc(cs1)C(=O)N[C@@H](Cc1ccc(O)cc1)C(=O)N1C[C@H](O)[C@H](C)[C@H]1c1nc(cs1)-c1nc(cs1)-c1nc(-c3nc(C(N)=O)cs3)ccc1-c1nc(cs1)C(=O)N[C@H]2CC(N)=O. The monoisotopic (exact) mass is 1310 g/mol. The average Bonchev–Trinajstić information content (AvgIpc) is 1.91. The molecule has 0 radical (unpaired) electrons. The first-order valence-corrected chi connectivity index (χ1v) is 32.9. The third kappa shape index (κ3) is 12.9. The number of nitrogens with one attached hydrogen (secondary N) is 4. The standard InChI is InChI=1S/C58H53N15O10S6/c1-26-40(75)20-73-45(26)56-69-39(25-88-56)53-65-35(21-85-53)43-31(12-13-32(62-43)52-66-36(22-86-52)47(60)77)51-67-37(23-84-51)48(78)63-33(19-41(59)76)54-71-42(27(2)89-54)50(80)70-44(46(29-6-4-3-5-7-29)83-58(82)72-16-14-61-15-17-72)55-68-38(24-87-55)49(79)64-34(57(73)81)18-28-8-10-30(74)11-9-28/h3-13,21-26,33-34,40,44-46,61,74-75H,14-20H2,1-2H3,(H2,59,76)(H2,60,77)(H,63,78)(H,64,79)(H,70,80)/t26-,33-,34-,40-,44-,45-,46+/m0/s1. The molecule has 89 heavy (non-hydrogen) atoms. The number of nitrogens with zero attached hydrogens (tertiary/aromatic N) is 9. The van der Waals surface area contributed by atoms with Gasteiger partial charge in [0.25, 0.3) is 23.6 Å². The highest BCUT2D eigenvalue weighted by molar-refractivity contribution is 7.15. The summed E-state index contributed by atoms with van der Waals surface area (Å²) in [7, 11) is 0. The van der Waals surface area contributed by atoms with Gasteiger partial charge in [0, 0.05) is 82.4 Å². The van der Waals surface area contributed by atoms with E-state index in [0.717, 1.165) is 34.0 Å². The molecule has 31 heteroatoms. The van der Waals surface area contributed by atoms with Crippen molar-refractivity contribution >= 4 is 110 Å². The number of amides is 7. The van der Waals surface area contributed by atoms with E-state index in [9.17, 15) is 39.0 Å². The molecule has 0 spiro atoms. The number of aliphatic hydroxyl groups is 1. The van der Waals surface area contributed by atoms with Gasteiger partial charge in [-0.2, -0.15) is 0 Å². The molecule has 456 valence electrons. The van der Waals surface area contributed by atoms with Crippen LogP contribution in [0, 0.1) is 12.8 Å². The summed E-state index contributed by atoms with van der Waals surface area (Å²) in [5.41, 5.74) is 14.3. The van der Waals surface area contributed by atoms with Crippen molar-refractivity contribution in [3.8, 4) is 49.1 Å². The number of nitrogens with two attached hydrogens (primary N) is 2. The van der Waals surface area contributed by atoms with Crippen molar-refractivity contribution in [2.24, 2.45) is 17.4 Å². The Labute approximate surface area is 530 Å². The summed E-state index contributed by atoms with van der Waals surface area (Å²) >= 11 is 6.88. The maximum atomic E-state index is 15.3. The van der Waals surface area contributed by atoms with Gasteiger partial charge in [0.05, 0.1) is 30.3 Å². The Hall–Kier alpha value is -8.82. The van der Waals surface area contributed by atoms with Crippen molar-refractivity contribution in [2.75, 3.05) is 32.7 Å². The summed E-state index contributed by atoms with van der Waals surface area (Å²) in [4.78, 5) is 136. The molecule has 7 amide bonds. The van der Waals surface area contributed by atoms with E-state index in [1.807, 2.05) is 6.92 Å². The second kappa shape index (κ2) is 25.7. The lowest BCUT2D eigenvalue weighted by molar-refractivity contribution is -0.134. The number of aromatic nitrogens is 7. The number of fused-ring (bicyclic) bond motifs is 16. The van der Waals surface area contributed by atoms with Gasteiger partial charge < -0.3 is 57.5 Å². The summed E-state index contributed by atoms with van der Waals surface area (Å²) < 4.78 is 6.35. The number of rotatable bonds is 9. The maximum Gasteiger partial charge on any atom is 0.410 e. The molecular formula is C58H53N15O10S6. The molecule has 2 fully saturated rings. The van der Waals surface area contributed by atoms with E-state index >= 15 is 4.79 Å². The number of phenolic OH excluding ortho intramolecular Hbond substituents is 1. The second-order valence-electron chi connectivity index (χ2n) is 21.0. The van der Waals surface area contributed by atoms with Crippen LogP contribution in [-0.2, 0) is 20.7 Å². The highest BCUT2D eigenvalue weighted by Crippen LogP contribution is 2.43. The van der Waals surface area contributed by atoms with Crippen LogP contribution in [0.25, 0.3) is 43.4 Å². The molecule has 3 aliphatic heterocycles. The maximum absolute atomic E-state index is 15.3. The number of ether oxygens (including phenoxy) is 1. The summed E-state index contributed by atoms with van der Waals surface area (Å²) in [5, 5.41) is 43.9. The quantitative estimate of drug-likeness (QED) is 0.0771. The van der Waals surface area contributed by atoms with Crippen molar-refractivity contribution < 1.29 is 48.5 Å². The van der Waals surface area contributed by atoms with Gasteiger partial charge in [-0.05, 0) is 42.3 Å². The molecule has 9 aromatic rings. The molecule has 10 N–H and O–H groups in total. The normalized spacial score (nSPS) is 20.2. The summed E-state index contributed by atoms with van der Waals surface area (Å²) in [6.45, 7) is 5.07. The number of carbonyl (C=O) groups is 7. The highest BCUT2D eigenvalue weighted by Gasteiger charge is 2.46. The van der Waals surface area contributed by atoms with Crippen LogP contribution < -0.4 is 32.7 Å². The van der Waals surface area contributed by atoms with Crippen molar-refractivity contribution in [1.82, 2.24) is 66.0 Å². The molecule has 10 bridgehead atoms. The van der Waals surface area contributed by atoms with Gasteiger partial charge in [0.1, 0.15) is 87.7 Å². The Morgan fingerprint density at radius 3 is 2.07 bits per heavy atom. The second-order valence-corrected chi connectivity index (χ2v) is 26.6. The number of aliphatic hydroxyl groups excluding tert-OH is 1.